The lowest BCUT2D eigenvalue weighted by Gasteiger charge is -2.23. The lowest BCUT2D eigenvalue weighted by atomic mass is 10.2. The highest BCUT2D eigenvalue weighted by molar-refractivity contribution is 7.80. The fraction of sp³-hybridized carbons (Fsp3) is 0.750. The number of hydrogen-bond acceptors (Lipinski definition) is 4. The maximum Gasteiger partial charge on any atom is 0.326 e. The Morgan fingerprint density at radius 1 is 1.71 bits per heavy atom. The van der Waals surface area contributed by atoms with Crippen LogP contribution >= 0.6 is 12.2 Å². The normalized spacial score (nSPS) is 26.6. The quantitative estimate of drug-likeness (QED) is 0.531. The van der Waals surface area contributed by atoms with Crippen molar-refractivity contribution >= 4 is 23.2 Å². The minimum absolute atomic E-state index is 0.249. The molecule has 3 N–H and O–H groups in total. The van der Waals surface area contributed by atoms with E-state index in [9.17, 15) is 9.90 Å². The van der Waals surface area contributed by atoms with E-state index in [-0.39, 0.29) is 6.42 Å². The zero-order chi connectivity index (χ0) is 10.7. The van der Waals surface area contributed by atoms with Crippen LogP contribution in [0.3, 0.4) is 0 Å². The predicted octanol–water partition coefficient (Wildman–Crippen LogP) is -0.947. The highest BCUT2D eigenvalue weighted by Gasteiger charge is 2.36. The third kappa shape index (κ3) is 2.40. The maximum atomic E-state index is 10.8. The molecule has 2 unspecified atom stereocenters. The summed E-state index contributed by atoms with van der Waals surface area (Å²) >= 11 is 5.05. The molecule has 0 spiro atoms. The van der Waals surface area contributed by atoms with Crippen molar-refractivity contribution in [3.05, 3.63) is 0 Å². The van der Waals surface area contributed by atoms with Gasteiger partial charge in [-0.25, -0.2) is 4.79 Å². The molecule has 0 bridgehead atoms. The molecule has 1 rings (SSSR count). The molecule has 5 nitrogen and oxygen atoms in total. The molecule has 0 aromatic carbocycles. The second-order valence-corrected chi connectivity index (χ2v) is 3.79. The lowest BCUT2D eigenvalue weighted by molar-refractivity contribution is -0.141. The van der Waals surface area contributed by atoms with Crippen LogP contribution in [0.25, 0.3) is 0 Å². The van der Waals surface area contributed by atoms with Crippen LogP contribution in [0.1, 0.15) is 6.42 Å². The van der Waals surface area contributed by atoms with E-state index in [4.69, 9.17) is 17.3 Å². The zero-order valence-corrected chi connectivity index (χ0v) is 8.75. The van der Waals surface area contributed by atoms with Gasteiger partial charge in [-0.2, -0.15) is 0 Å². The number of nitrogens with zero attached hydrogens (tertiary/aromatic N) is 1. The van der Waals surface area contributed by atoms with Crippen LogP contribution in [0.4, 0.5) is 0 Å². The van der Waals surface area contributed by atoms with Crippen molar-refractivity contribution in [3.63, 3.8) is 0 Å². The number of aliphatic hydroxyl groups is 1. The first-order valence-electron chi connectivity index (χ1n) is 4.41. The molecule has 80 valence electrons. The van der Waals surface area contributed by atoms with Crippen molar-refractivity contribution in [2.75, 3.05) is 20.1 Å². The van der Waals surface area contributed by atoms with E-state index < -0.39 is 18.1 Å². The number of likely N-dealkylation sites (N-methyl/N-ethyl adjacent to an activating group) is 1. The minimum Gasteiger partial charge on any atom is -0.480 e. The fourth-order valence-electron chi connectivity index (χ4n) is 1.58. The molecule has 14 heavy (non-hydrogen) atoms. The molecule has 2 atom stereocenters. The zero-order valence-electron chi connectivity index (χ0n) is 7.93. The topological polar surface area (TPSA) is 72.8 Å². The van der Waals surface area contributed by atoms with Crippen molar-refractivity contribution < 1.29 is 15.0 Å². The van der Waals surface area contributed by atoms with Crippen molar-refractivity contribution in [2.45, 2.75) is 18.6 Å². The molecule has 0 aromatic heterocycles. The summed E-state index contributed by atoms with van der Waals surface area (Å²) in [6.45, 7) is 0.781. The van der Waals surface area contributed by atoms with Gasteiger partial charge in [-0.1, -0.05) is 12.2 Å². The molecule has 1 saturated heterocycles. The van der Waals surface area contributed by atoms with Gasteiger partial charge in [-0.05, 0) is 7.05 Å². The van der Waals surface area contributed by atoms with Crippen molar-refractivity contribution in [3.8, 4) is 0 Å². The predicted molar refractivity (Wildman–Crippen MR) is 55.3 cm³/mol. The highest BCUT2D eigenvalue weighted by Crippen LogP contribution is 2.18. The summed E-state index contributed by atoms with van der Waals surface area (Å²) in [6, 6.07) is -0.675. The van der Waals surface area contributed by atoms with Crippen molar-refractivity contribution in [2.24, 2.45) is 0 Å². The number of aliphatic carboxylic acids is 1. The molecular weight excluding hydrogens is 204 g/mol. The maximum absolute atomic E-state index is 10.8. The molecular formula is C8H14N2O3S. The Hall–Kier alpha value is -0.720. The van der Waals surface area contributed by atoms with E-state index in [0.29, 0.717) is 18.1 Å². The Balaban J connectivity index is 2.66. The molecule has 0 saturated carbocycles. The molecule has 1 heterocycles. The van der Waals surface area contributed by atoms with E-state index in [0.717, 1.165) is 0 Å². The summed E-state index contributed by atoms with van der Waals surface area (Å²) in [4.78, 5) is 12.9. The van der Waals surface area contributed by atoms with E-state index in [1.807, 2.05) is 0 Å². The molecule has 0 radical (unpaired) electrons. The SMILES string of the molecule is CNCC(=S)N1CC(O)CC1C(=O)O. The number of aliphatic hydroxyl groups excluding tert-OH is 1. The van der Waals surface area contributed by atoms with Crippen molar-refractivity contribution in [1.29, 1.82) is 0 Å². The number of likely N-dealkylation sites (tertiary alicyclic amines) is 1. The number of carbonyl (C=O) groups is 1. The monoisotopic (exact) mass is 218 g/mol. The van der Waals surface area contributed by atoms with Crippen LogP contribution in [0.15, 0.2) is 0 Å². The molecule has 1 aliphatic rings. The summed E-state index contributed by atoms with van der Waals surface area (Å²) in [7, 11) is 1.74. The molecule has 6 heteroatoms. The van der Waals surface area contributed by atoms with Gasteiger partial charge in [-0.3, -0.25) is 0 Å². The smallest absolute Gasteiger partial charge is 0.326 e. The number of rotatable bonds is 3. The largest absolute Gasteiger partial charge is 0.480 e. The van der Waals surface area contributed by atoms with E-state index in [1.54, 1.807) is 11.9 Å². The van der Waals surface area contributed by atoms with Crippen LogP contribution in [0.5, 0.6) is 0 Å². The van der Waals surface area contributed by atoms with Crippen LogP contribution in [0.2, 0.25) is 0 Å². The number of carboxylic acid groups (broad SMARTS) is 1. The Morgan fingerprint density at radius 3 is 2.86 bits per heavy atom. The molecule has 1 fully saturated rings. The number of β-amino-alcohol motifs (C(OH)–C–C–N with tert-alkyl or cyclic N) is 1. The fourth-order valence-corrected chi connectivity index (χ4v) is 1.92. The van der Waals surface area contributed by atoms with Gasteiger partial charge < -0.3 is 20.4 Å². The average Bonchev–Trinajstić information content (AvgIpc) is 2.48. The summed E-state index contributed by atoms with van der Waals surface area (Å²) in [5.74, 6) is -0.931. The Kier molecular flexibility index (Phi) is 3.79. The van der Waals surface area contributed by atoms with Gasteiger partial charge in [0.15, 0.2) is 0 Å². The second-order valence-electron chi connectivity index (χ2n) is 3.32. The highest BCUT2D eigenvalue weighted by atomic mass is 32.1. The van der Waals surface area contributed by atoms with Crippen LogP contribution in [0, 0.1) is 0 Å². The van der Waals surface area contributed by atoms with Gasteiger partial charge in [-0.15, -0.1) is 0 Å². The summed E-state index contributed by atoms with van der Waals surface area (Å²) in [5, 5.41) is 21.1. The van der Waals surface area contributed by atoms with Gasteiger partial charge in [0.05, 0.1) is 11.1 Å². The third-order valence-electron chi connectivity index (χ3n) is 2.21. The van der Waals surface area contributed by atoms with E-state index >= 15 is 0 Å². The van der Waals surface area contributed by atoms with E-state index in [1.165, 1.54) is 0 Å². The third-order valence-corrected chi connectivity index (χ3v) is 2.59. The first-order chi connectivity index (χ1) is 6.56. The van der Waals surface area contributed by atoms with Gasteiger partial charge in [0.2, 0.25) is 0 Å². The summed E-state index contributed by atoms with van der Waals surface area (Å²) < 4.78 is 0. The molecule has 1 aliphatic heterocycles. The first kappa shape index (κ1) is 11.4. The van der Waals surface area contributed by atoms with Crippen LogP contribution in [-0.2, 0) is 4.79 Å². The molecule has 0 amide bonds. The Labute approximate surface area is 87.7 Å². The van der Waals surface area contributed by atoms with Crippen LogP contribution < -0.4 is 5.32 Å². The number of thiocarbonyl (C=S) groups is 1. The number of nitrogens with one attached hydrogen (secondary N) is 1. The number of hydrogen-bond donors (Lipinski definition) is 3. The van der Waals surface area contributed by atoms with Crippen LogP contribution in [-0.4, -0.2) is 58.4 Å². The molecule has 0 aliphatic carbocycles. The first-order valence-corrected chi connectivity index (χ1v) is 4.82. The second kappa shape index (κ2) is 4.68. The van der Waals surface area contributed by atoms with Gasteiger partial charge in [0.1, 0.15) is 6.04 Å². The standard InChI is InChI=1S/C8H14N2O3S/c1-9-3-7(14)10-4-5(11)2-6(10)8(12)13/h5-6,9,11H,2-4H2,1H3,(H,12,13). The Morgan fingerprint density at radius 2 is 2.36 bits per heavy atom. The lowest BCUT2D eigenvalue weighted by Crippen LogP contribution is -2.43. The Bertz CT molecular complexity index is 247. The minimum atomic E-state index is -0.931. The molecule has 0 aromatic rings. The average molecular weight is 218 g/mol. The van der Waals surface area contributed by atoms with Gasteiger partial charge in [0.25, 0.3) is 0 Å². The van der Waals surface area contributed by atoms with E-state index in [2.05, 4.69) is 5.32 Å². The van der Waals surface area contributed by atoms with Gasteiger partial charge >= 0.3 is 5.97 Å². The van der Waals surface area contributed by atoms with Crippen molar-refractivity contribution in [1.82, 2.24) is 10.2 Å². The summed E-state index contributed by atoms with van der Waals surface area (Å²) in [6.07, 6.45) is -0.343. The summed E-state index contributed by atoms with van der Waals surface area (Å²) in [5.41, 5.74) is 0. The number of carboxylic acids is 1. The van der Waals surface area contributed by atoms with Gasteiger partial charge in [0, 0.05) is 19.5 Å².